The predicted molar refractivity (Wildman–Crippen MR) is 102 cm³/mol. The molecule has 5 nitrogen and oxygen atoms in total. The molecule has 26 heavy (non-hydrogen) atoms. The molecule has 1 heterocycles. The van der Waals surface area contributed by atoms with Crippen molar-refractivity contribution in [3.05, 3.63) is 21.9 Å². The zero-order valence-electron chi connectivity index (χ0n) is 16.0. The lowest BCUT2D eigenvalue weighted by molar-refractivity contribution is -0.155. The average Bonchev–Trinajstić information content (AvgIpc) is 3.03. The fourth-order valence-corrected chi connectivity index (χ4v) is 4.15. The van der Waals surface area contributed by atoms with Gasteiger partial charge in [-0.2, -0.15) is 0 Å². The Kier molecular flexibility index (Phi) is 7.38. The quantitative estimate of drug-likeness (QED) is 0.576. The van der Waals surface area contributed by atoms with E-state index >= 15 is 0 Å². The Hall–Kier alpha value is -1.69. The number of aryl methyl sites for hydroxylation is 1. The summed E-state index contributed by atoms with van der Waals surface area (Å²) in [4.78, 5) is 38.0. The van der Waals surface area contributed by atoms with E-state index in [0.29, 0.717) is 16.7 Å². The highest BCUT2D eigenvalue weighted by Crippen LogP contribution is 2.29. The Balaban J connectivity index is 1.75. The lowest BCUT2D eigenvalue weighted by Gasteiger charge is -2.35. The molecule has 0 aliphatic heterocycles. The molecule has 1 aromatic heterocycles. The second-order valence-corrected chi connectivity index (χ2v) is 8.64. The SMILES string of the molecule is Cc1ccc(C(=O)CCC(=O)O[C@@H](C)C(=O)N[C@@H]2CCC[C@H](C)[C@@H]2C)s1. The van der Waals surface area contributed by atoms with Crippen LogP contribution in [0.25, 0.3) is 0 Å². The molecule has 0 radical (unpaired) electrons. The Morgan fingerprint density at radius 2 is 1.96 bits per heavy atom. The number of esters is 1. The summed E-state index contributed by atoms with van der Waals surface area (Å²) in [7, 11) is 0. The number of carbonyl (C=O) groups excluding carboxylic acids is 3. The highest BCUT2D eigenvalue weighted by Gasteiger charge is 2.30. The van der Waals surface area contributed by atoms with Crippen molar-refractivity contribution in [2.24, 2.45) is 11.8 Å². The fourth-order valence-electron chi connectivity index (χ4n) is 3.32. The first-order valence-corrected chi connectivity index (χ1v) is 10.2. The molecule has 1 saturated carbocycles. The minimum atomic E-state index is -0.842. The number of nitrogens with one attached hydrogen (secondary N) is 1. The van der Waals surface area contributed by atoms with Gasteiger partial charge in [0.25, 0.3) is 5.91 Å². The van der Waals surface area contributed by atoms with Gasteiger partial charge in [-0.05, 0) is 44.2 Å². The Labute approximate surface area is 159 Å². The molecule has 1 aliphatic rings. The standard InChI is InChI=1S/C20H29NO4S/c1-12-6-5-7-16(14(12)3)21-20(24)15(4)25-19(23)11-9-17(22)18-10-8-13(2)26-18/h8,10,12,14-16H,5-7,9,11H2,1-4H3,(H,21,24)/t12-,14-,15-,16+/m0/s1. The van der Waals surface area contributed by atoms with Gasteiger partial charge in [0, 0.05) is 17.3 Å². The minimum absolute atomic E-state index is 0.00966. The lowest BCUT2D eigenvalue weighted by Crippen LogP contribution is -2.47. The van der Waals surface area contributed by atoms with Crippen molar-refractivity contribution in [2.75, 3.05) is 0 Å². The number of hydrogen-bond acceptors (Lipinski definition) is 5. The van der Waals surface area contributed by atoms with E-state index in [2.05, 4.69) is 19.2 Å². The number of rotatable bonds is 7. The van der Waals surface area contributed by atoms with Crippen LogP contribution in [0.1, 0.15) is 67.4 Å². The van der Waals surface area contributed by atoms with Crippen LogP contribution in [0.5, 0.6) is 0 Å². The number of thiophene rings is 1. The van der Waals surface area contributed by atoms with Crippen LogP contribution in [-0.2, 0) is 14.3 Å². The van der Waals surface area contributed by atoms with Crippen LogP contribution < -0.4 is 5.32 Å². The second kappa shape index (κ2) is 9.31. The summed E-state index contributed by atoms with van der Waals surface area (Å²) in [6.45, 7) is 7.88. The maximum Gasteiger partial charge on any atom is 0.307 e. The summed E-state index contributed by atoms with van der Waals surface area (Å²) >= 11 is 1.42. The van der Waals surface area contributed by atoms with Gasteiger partial charge in [-0.25, -0.2) is 0 Å². The summed E-state index contributed by atoms with van der Waals surface area (Å²) in [5, 5.41) is 3.02. The largest absolute Gasteiger partial charge is 0.453 e. The number of amides is 1. The van der Waals surface area contributed by atoms with Gasteiger partial charge in [-0.1, -0.05) is 26.7 Å². The van der Waals surface area contributed by atoms with E-state index in [1.54, 1.807) is 13.0 Å². The van der Waals surface area contributed by atoms with E-state index < -0.39 is 12.1 Å². The molecule has 1 N–H and O–H groups in total. The van der Waals surface area contributed by atoms with E-state index in [1.165, 1.54) is 17.8 Å². The van der Waals surface area contributed by atoms with Crippen LogP contribution in [0.2, 0.25) is 0 Å². The second-order valence-electron chi connectivity index (χ2n) is 7.35. The van der Waals surface area contributed by atoms with Crippen LogP contribution >= 0.6 is 11.3 Å². The molecule has 0 aromatic carbocycles. The molecule has 1 aliphatic carbocycles. The monoisotopic (exact) mass is 379 g/mol. The zero-order chi connectivity index (χ0) is 19.3. The molecule has 0 unspecified atom stereocenters. The highest BCUT2D eigenvalue weighted by molar-refractivity contribution is 7.14. The first kappa shape index (κ1) is 20.6. The van der Waals surface area contributed by atoms with Gasteiger partial charge in [0.1, 0.15) is 0 Å². The number of carbonyl (C=O) groups is 3. The first-order chi connectivity index (χ1) is 12.3. The van der Waals surface area contributed by atoms with Gasteiger partial charge >= 0.3 is 5.97 Å². The minimum Gasteiger partial charge on any atom is -0.453 e. The van der Waals surface area contributed by atoms with Gasteiger partial charge in [0.2, 0.25) is 0 Å². The van der Waals surface area contributed by atoms with Crippen molar-refractivity contribution < 1.29 is 19.1 Å². The van der Waals surface area contributed by atoms with Crippen LogP contribution in [0, 0.1) is 18.8 Å². The summed E-state index contributed by atoms with van der Waals surface area (Å²) in [6, 6.07) is 3.79. The lowest BCUT2D eigenvalue weighted by atomic mass is 9.78. The van der Waals surface area contributed by atoms with Crippen molar-refractivity contribution in [1.82, 2.24) is 5.32 Å². The average molecular weight is 380 g/mol. The third-order valence-corrected chi connectivity index (χ3v) is 6.33. The van der Waals surface area contributed by atoms with E-state index in [-0.39, 0.29) is 30.6 Å². The van der Waals surface area contributed by atoms with Crippen molar-refractivity contribution in [3.63, 3.8) is 0 Å². The molecule has 0 spiro atoms. The highest BCUT2D eigenvalue weighted by atomic mass is 32.1. The molecular formula is C20H29NO4S. The maximum absolute atomic E-state index is 12.3. The third-order valence-electron chi connectivity index (χ3n) is 5.28. The molecule has 2 rings (SSSR count). The smallest absolute Gasteiger partial charge is 0.307 e. The number of Topliss-reactive ketones (excluding diaryl/α,β-unsaturated/α-hetero) is 1. The van der Waals surface area contributed by atoms with Crippen LogP contribution in [0.4, 0.5) is 0 Å². The molecule has 0 bridgehead atoms. The molecule has 144 valence electrons. The van der Waals surface area contributed by atoms with Gasteiger partial charge in [-0.15, -0.1) is 11.3 Å². The zero-order valence-corrected chi connectivity index (χ0v) is 16.9. The molecule has 4 atom stereocenters. The fraction of sp³-hybridized carbons (Fsp3) is 0.650. The van der Waals surface area contributed by atoms with E-state index in [9.17, 15) is 14.4 Å². The van der Waals surface area contributed by atoms with E-state index in [1.807, 2.05) is 13.0 Å². The normalized spacial score (nSPS) is 23.9. The molecule has 6 heteroatoms. The number of ketones is 1. The van der Waals surface area contributed by atoms with Crippen LogP contribution in [0.15, 0.2) is 12.1 Å². The maximum atomic E-state index is 12.3. The Morgan fingerprint density at radius 1 is 1.23 bits per heavy atom. The van der Waals surface area contributed by atoms with Gasteiger partial charge in [-0.3, -0.25) is 14.4 Å². The number of ether oxygens (including phenoxy) is 1. The molecule has 1 fully saturated rings. The summed E-state index contributed by atoms with van der Waals surface area (Å²) in [5.41, 5.74) is 0. The summed E-state index contributed by atoms with van der Waals surface area (Å²) in [6.07, 6.45) is 2.51. The molecule has 0 saturated heterocycles. The summed E-state index contributed by atoms with van der Waals surface area (Å²) < 4.78 is 5.21. The van der Waals surface area contributed by atoms with Gasteiger partial charge in [0.05, 0.1) is 11.3 Å². The van der Waals surface area contributed by atoms with Crippen LogP contribution in [-0.4, -0.2) is 29.8 Å². The topological polar surface area (TPSA) is 72.5 Å². The van der Waals surface area contributed by atoms with Crippen molar-refractivity contribution >= 4 is 29.0 Å². The van der Waals surface area contributed by atoms with Crippen LogP contribution in [0.3, 0.4) is 0 Å². The van der Waals surface area contributed by atoms with Gasteiger partial charge < -0.3 is 10.1 Å². The van der Waals surface area contributed by atoms with E-state index in [0.717, 1.165) is 17.7 Å². The Bertz CT molecular complexity index is 654. The first-order valence-electron chi connectivity index (χ1n) is 9.37. The summed E-state index contributed by atoms with van der Waals surface area (Å²) in [5.74, 6) is 0.160. The predicted octanol–water partition coefficient (Wildman–Crippen LogP) is 3.89. The molecule has 1 aromatic rings. The Morgan fingerprint density at radius 3 is 2.62 bits per heavy atom. The van der Waals surface area contributed by atoms with Crippen molar-refractivity contribution in [2.45, 2.75) is 71.9 Å². The van der Waals surface area contributed by atoms with E-state index in [4.69, 9.17) is 4.74 Å². The number of hydrogen-bond donors (Lipinski definition) is 1. The molecule has 1 amide bonds. The van der Waals surface area contributed by atoms with Crippen molar-refractivity contribution in [3.8, 4) is 0 Å². The molecular weight excluding hydrogens is 350 g/mol. The third kappa shape index (κ3) is 5.66. The van der Waals surface area contributed by atoms with Gasteiger partial charge in [0.15, 0.2) is 11.9 Å². The van der Waals surface area contributed by atoms with Crippen molar-refractivity contribution in [1.29, 1.82) is 0 Å².